The number of amides is 1. The summed E-state index contributed by atoms with van der Waals surface area (Å²) in [6, 6.07) is 11.0. The third kappa shape index (κ3) is 3.94. The first-order valence-electron chi connectivity index (χ1n) is 7.73. The van der Waals surface area contributed by atoms with E-state index >= 15 is 0 Å². The molecule has 2 atom stereocenters. The van der Waals surface area contributed by atoms with Gasteiger partial charge >= 0.3 is 0 Å². The standard InChI is InChI=1S/C18H20N2O3/c21-10-14-1-3-15(4-2-14)18(22)20-17-12-23-11-16(17)9-13-5-7-19-8-6-13/h1-8,16-17,21H,9-12H2,(H,20,22)/t16-,17-/m1/s1. The second-order valence-corrected chi connectivity index (χ2v) is 5.79. The second kappa shape index (κ2) is 7.35. The summed E-state index contributed by atoms with van der Waals surface area (Å²) in [6.45, 7) is 1.17. The fraction of sp³-hybridized carbons (Fsp3) is 0.333. The summed E-state index contributed by atoms with van der Waals surface area (Å²) >= 11 is 0. The zero-order valence-corrected chi connectivity index (χ0v) is 12.8. The minimum atomic E-state index is -0.107. The summed E-state index contributed by atoms with van der Waals surface area (Å²) in [5.41, 5.74) is 2.58. The number of aromatic nitrogens is 1. The molecule has 2 aromatic rings. The van der Waals surface area contributed by atoms with Crippen LogP contribution in [0.15, 0.2) is 48.8 Å². The maximum atomic E-state index is 12.4. The summed E-state index contributed by atoms with van der Waals surface area (Å²) in [7, 11) is 0. The molecule has 3 rings (SSSR count). The van der Waals surface area contributed by atoms with Crippen molar-refractivity contribution in [2.45, 2.75) is 19.1 Å². The highest BCUT2D eigenvalue weighted by Gasteiger charge is 2.29. The van der Waals surface area contributed by atoms with Crippen molar-refractivity contribution in [3.8, 4) is 0 Å². The Morgan fingerprint density at radius 1 is 1.13 bits per heavy atom. The Morgan fingerprint density at radius 2 is 1.87 bits per heavy atom. The lowest BCUT2D eigenvalue weighted by Crippen LogP contribution is -2.40. The van der Waals surface area contributed by atoms with E-state index < -0.39 is 0 Å². The number of nitrogens with one attached hydrogen (secondary N) is 1. The van der Waals surface area contributed by atoms with Crippen LogP contribution < -0.4 is 5.32 Å². The van der Waals surface area contributed by atoms with Crippen LogP contribution in [0.5, 0.6) is 0 Å². The molecule has 0 aliphatic carbocycles. The highest BCUT2D eigenvalue weighted by Crippen LogP contribution is 2.19. The van der Waals surface area contributed by atoms with Crippen molar-refractivity contribution in [1.29, 1.82) is 0 Å². The second-order valence-electron chi connectivity index (χ2n) is 5.79. The van der Waals surface area contributed by atoms with Crippen molar-refractivity contribution >= 4 is 5.91 Å². The highest BCUT2D eigenvalue weighted by atomic mass is 16.5. The Kier molecular flexibility index (Phi) is 5.00. The molecule has 0 unspecified atom stereocenters. The van der Waals surface area contributed by atoms with Crippen LogP contribution in [-0.4, -0.2) is 35.3 Å². The maximum absolute atomic E-state index is 12.4. The molecule has 2 N–H and O–H groups in total. The van der Waals surface area contributed by atoms with Gasteiger partial charge in [-0.25, -0.2) is 0 Å². The number of aliphatic hydroxyl groups is 1. The Balaban J connectivity index is 1.62. The number of aliphatic hydroxyl groups excluding tert-OH is 1. The van der Waals surface area contributed by atoms with Crippen molar-refractivity contribution in [2.75, 3.05) is 13.2 Å². The molecule has 1 aliphatic rings. The summed E-state index contributed by atoms with van der Waals surface area (Å²) in [4.78, 5) is 16.4. The van der Waals surface area contributed by atoms with E-state index in [2.05, 4.69) is 10.3 Å². The number of hydrogen-bond donors (Lipinski definition) is 2. The van der Waals surface area contributed by atoms with Crippen molar-refractivity contribution < 1.29 is 14.6 Å². The number of pyridine rings is 1. The highest BCUT2D eigenvalue weighted by molar-refractivity contribution is 5.94. The molecule has 5 heteroatoms. The van der Waals surface area contributed by atoms with E-state index in [9.17, 15) is 4.79 Å². The zero-order valence-electron chi connectivity index (χ0n) is 12.8. The molecule has 0 bridgehead atoms. The van der Waals surface area contributed by atoms with E-state index in [1.807, 2.05) is 12.1 Å². The van der Waals surface area contributed by atoms with Gasteiger partial charge in [0.1, 0.15) is 0 Å². The molecule has 23 heavy (non-hydrogen) atoms. The van der Waals surface area contributed by atoms with E-state index in [0.717, 1.165) is 12.0 Å². The van der Waals surface area contributed by atoms with Gasteiger partial charge in [0.2, 0.25) is 0 Å². The van der Waals surface area contributed by atoms with Gasteiger partial charge in [-0.2, -0.15) is 0 Å². The van der Waals surface area contributed by atoms with Crippen LogP contribution in [0.3, 0.4) is 0 Å². The van der Waals surface area contributed by atoms with Crippen molar-refractivity contribution in [2.24, 2.45) is 5.92 Å². The van der Waals surface area contributed by atoms with E-state index in [1.165, 1.54) is 5.56 Å². The van der Waals surface area contributed by atoms with Gasteiger partial charge in [-0.1, -0.05) is 12.1 Å². The minimum absolute atomic E-state index is 0.00758. The number of hydrogen-bond acceptors (Lipinski definition) is 4. The SMILES string of the molecule is O=C(N[C@@H]1COC[C@H]1Cc1ccncc1)c1ccc(CO)cc1. The molecule has 0 saturated carbocycles. The predicted molar refractivity (Wildman–Crippen MR) is 85.9 cm³/mol. The van der Waals surface area contributed by atoms with Crippen LogP contribution in [0, 0.1) is 5.92 Å². The van der Waals surface area contributed by atoms with E-state index in [0.29, 0.717) is 18.8 Å². The molecule has 1 fully saturated rings. The van der Waals surface area contributed by atoms with Crippen LogP contribution in [0.2, 0.25) is 0 Å². The minimum Gasteiger partial charge on any atom is -0.392 e. The van der Waals surface area contributed by atoms with Gasteiger partial charge in [-0.15, -0.1) is 0 Å². The third-order valence-corrected chi connectivity index (χ3v) is 4.16. The number of nitrogens with zero attached hydrogens (tertiary/aromatic N) is 1. The van der Waals surface area contributed by atoms with Gasteiger partial charge in [-0.3, -0.25) is 9.78 Å². The van der Waals surface area contributed by atoms with Crippen LogP contribution in [-0.2, 0) is 17.8 Å². The van der Waals surface area contributed by atoms with Gasteiger partial charge in [0.05, 0.1) is 25.9 Å². The van der Waals surface area contributed by atoms with E-state index in [4.69, 9.17) is 9.84 Å². The molecule has 1 aromatic carbocycles. The van der Waals surface area contributed by atoms with E-state index in [1.54, 1.807) is 36.7 Å². The third-order valence-electron chi connectivity index (χ3n) is 4.16. The summed E-state index contributed by atoms with van der Waals surface area (Å²) in [5, 5.41) is 12.1. The molecule has 1 aromatic heterocycles. The lowest BCUT2D eigenvalue weighted by atomic mass is 9.95. The monoisotopic (exact) mass is 312 g/mol. The number of rotatable bonds is 5. The number of carbonyl (C=O) groups excluding carboxylic acids is 1. The van der Waals surface area contributed by atoms with Gasteiger partial charge < -0.3 is 15.2 Å². The quantitative estimate of drug-likeness (QED) is 0.879. The predicted octanol–water partition coefficient (Wildman–Crippen LogP) is 1.56. The topological polar surface area (TPSA) is 71.5 Å². The fourth-order valence-corrected chi connectivity index (χ4v) is 2.79. The molecule has 0 radical (unpaired) electrons. The molecule has 2 heterocycles. The molecular formula is C18H20N2O3. The van der Waals surface area contributed by atoms with Crippen LogP contribution in [0.1, 0.15) is 21.5 Å². The van der Waals surface area contributed by atoms with Crippen molar-refractivity contribution in [3.63, 3.8) is 0 Å². The molecule has 120 valence electrons. The van der Waals surface area contributed by atoms with Crippen LogP contribution in [0.25, 0.3) is 0 Å². The Labute approximate surface area is 135 Å². The zero-order chi connectivity index (χ0) is 16.1. The molecule has 1 aliphatic heterocycles. The van der Waals surface area contributed by atoms with Crippen molar-refractivity contribution in [1.82, 2.24) is 10.3 Å². The molecule has 5 nitrogen and oxygen atoms in total. The first-order chi connectivity index (χ1) is 11.3. The summed E-state index contributed by atoms with van der Waals surface area (Å²) in [5.74, 6) is 0.155. The average molecular weight is 312 g/mol. The lowest BCUT2D eigenvalue weighted by Gasteiger charge is -2.19. The summed E-state index contributed by atoms with van der Waals surface area (Å²) < 4.78 is 5.55. The smallest absolute Gasteiger partial charge is 0.251 e. The van der Waals surface area contributed by atoms with Gasteiger partial charge in [-0.05, 0) is 41.8 Å². The van der Waals surface area contributed by atoms with Gasteiger partial charge in [0, 0.05) is 23.9 Å². The molecule has 1 amide bonds. The largest absolute Gasteiger partial charge is 0.392 e. The summed E-state index contributed by atoms with van der Waals surface area (Å²) in [6.07, 6.45) is 4.42. The van der Waals surface area contributed by atoms with Crippen LogP contribution in [0.4, 0.5) is 0 Å². The van der Waals surface area contributed by atoms with Gasteiger partial charge in [0.25, 0.3) is 5.91 Å². The lowest BCUT2D eigenvalue weighted by molar-refractivity contribution is 0.0925. The Morgan fingerprint density at radius 3 is 2.57 bits per heavy atom. The van der Waals surface area contributed by atoms with Gasteiger partial charge in [0.15, 0.2) is 0 Å². The van der Waals surface area contributed by atoms with Crippen LogP contribution >= 0.6 is 0 Å². The Hall–Kier alpha value is -2.24. The Bertz CT molecular complexity index is 643. The van der Waals surface area contributed by atoms with E-state index in [-0.39, 0.29) is 24.5 Å². The number of carbonyl (C=O) groups is 1. The normalized spacial score (nSPS) is 20.4. The fourth-order valence-electron chi connectivity index (χ4n) is 2.79. The first-order valence-corrected chi connectivity index (χ1v) is 7.73. The first kappa shape index (κ1) is 15.6. The average Bonchev–Trinajstić information content (AvgIpc) is 3.02. The molecule has 0 spiro atoms. The molecular weight excluding hydrogens is 292 g/mol. The van der Waals surface area contributed by atoms with Crippen molar-refractivity contribution in [3.05, 3.63) is 65.5 Å². The number of ether oxygens (including phenoxy) is 1. The molecule has 1 saturated heterocycles. The maximum Gasteiger partial charge on any atom is 0.251 e. The number of benzene rings is 1.